The quantitative estimate of drug-likeness (QED) is 0.226. The van der Waals surface area contributed by atoms with Crippen LogP contribution >= 0.6 is 24.8 Å². The van der Waals surface area contributed by atoms with E-state index in [0.717, 1.165) is 16.4 Å². The first kappa shape index (κ1) is 21.3. The second-order valence-electron chi connectivity index (χ2n) is 3.12. The van der Waals surface area contributed by atoms with Gasteiger partial charge in [0, 0.05) is 13.1 Å². The minimum atomic E-state index is -0.660. The SMILES string of the molecule is Cl.Cl.NC(=O)N(N)CCCCCN(N)C(N)=O. The lowest BCUT2D eigenvalue weighted by Gasteiger charge is -2.15. The molecule has 4 amide bonds. The van der Waals surface area contributed by atoms with Gasteiger partial charge in [0.2, 0.25) is 0 Å². The number of nitrogens with zero attached hydrogens (tertiary/aromatic N) is 2. The summed E-state index contributed by atoms with van der Waals surface area (Å²) in [7, 11) is 0. The number of hydrogen-bond donors (Lipinski definition) is 4. The second kappa shape index (κ2) is 11.5. The molecule has 0 spiro atoms. The Bertz CT molecular complexity index is 208. The lowest BCUT2D eigenvalue weighted by atomic mass is 10.2. The lowest BCUT2D eigenvalue weighted by Crippen LogP contribution is -2.42. The highest BCUT2D eigenvalue weighted by Crippen LogP contribution is 1.97. The van der Waals surface area contributed by atoms with Gasteiger partial charge in [-0.05, 0) is 19.3 Å². The van der Waals surface area contributed by atoms with Crippen molar-refractivity contribution in [3.05, 3.63) is 0 Å². The molecule has 0 heterocycles. The summed E-state index contributed by atoms with van der Waals surface area (Å²) in [6, 6.07) is -1.32. The molecule has 0 aliphatic carbocycles. The first-order valence-electron chi connectivity index (χ1n) is 4.58. The van der Waals surface area contributed by atoms with E-state index >= 15 is 0 Å². The van der Waals surface area contributed by atoms with E-state index in [4.69, 9.17) is 23.2 Å². The number of unbranched alkanes of at least 4 members (excludes halogenated alkanes) is 2. The van der Waals surface area contributed by atoms with Gasteiger partial charge in [0.1, 0.15) is 0 Å². The van der Waals surface area contributed by atoms with Gasteiger partial charge in [0.25, 0.3) is 0 Å². The number of primary amides is 2. The maximum atomic E-state index is 10.5. The Hall–Kier alpha value is -0.960. The summed E-state index contributed by atoms with van der Waals surface area (Å²) in [6.07, 6.45) is 2.18. The fourth-order valence-corrected chi connectivity index (χ4v) is 0.961. The van der Waals surface area contributed by atoms with Gasteiger partial charge in [-0.2, -0.15) is 0 Å². The number of urea groups is 2. The molecule has 17 heavy (non-hydrogen) atoms. The molecule has 0 rings (SSSR count). The van der Waals surface area contributed by atoms with Gasteiger partial charge in [-0.3, -0.25) is 10.0 Å². The average molecular weight is 291 g/mol. The molecule has 0 bridgehead atoms. The highest BCUT2D eigenvalue weighted by Gasteiger charge is 2.04. The standard InChI is InChI=1S/C7H18N6O2.2ClH/c8-6(14)12(10)4-2-1-3-5-13(11)7(9)15;;/h1-5,10-11H2,(H2,8,14)(H2,9,15);2*1H. The van der Waals surface area contributed by atoms with Gasteiger partial charge in [-0.25, -0.2) is 21.3 Å². The van der Waals surface area contributed by atoms with E-state index in [2.05, 4.69) is 0 Å². The normalized spacial score (nSPS) is 8.59. The number of rotatable bonds is 6. The number of carbonyl (C=O) groups excluding carboxylic acids is 2. The monoisotopic (exact) mass is 290 g/mol. The molecule has 0 aromatic carbocycles. The third-order valence-corrected chi connectivity index (χ3v) is 1.86. The molecule has 0 saturated carbocycles. The molecule has 0 unspecified atom stereocenters. The van der Waals surface area contributed by atoms with Gasteiger partial charge in [0.05, 0.1) is 0 Å². The van der Waals surface area contributed by atoms with E-state index in [1.807, 2.05) is 0 Å². The van der Waals surface area contributed by atoms with Crippen molar-refractivity contribution < 1.29 is 9.59 Å². The van der Waals surface area contributed by atoms with Gasteiger partial charge < -0.3 is 11.5 Å². The molecule has 0 radical (unpaired) electrons. The van der Waals surface area contributed by atoms with E-state index in [9.17, 15) is 9.59 Å². The van der Waals surface area contributed by atoms with Crippen LogP contribution in [0.3, 0.4) is 0 Å². The van der Waals surface area contributed by atoms with Crippen LogP contribution in [0.25, 0.3) is 0 Å². The Balaban J connectivity index is -0.000000980. The molecule has 0 fully saturated rings. The van der Waals surface area contributed by atoms with E-state index < -0.39 is 12.1 Å². The second-order valence-corrected chi connectivity index (χ2v) is 3.12. The summed E-state index contributed by atoms with van der Waals surface area (Å²) in [4.78, 5) is 21.0. The van der Waals surface area contributed by atoms with E-state index in [1.54, 1.807) is 0 Å². The Morgan fingerprint density at radius 1 is 0.765 bits per heavy atom. The Kier molecular flexibility index (Phi) is 14.5. The van der Waals surface area contributed by atoms with Crippen molar-refractivity contribution in [2.75, 3.05) is 13.1 Å². The third kappa shape index (κ3) is 11.3. The maximum Gasteiger partial charge on any atom is 0.328 e. The molecule has 104 valence electrons. The van der Waals surface area contributed by atoms with Crippen LogP contribution in [0, 0.1) is 0 Å². The number of halogens is 2. The highest BCUT2D eigenvalue weighted by molar-refractivity contribution is 5.85. The zero-order chi connectivity index (χ0) is 11.8. The predicted molar refractivity (Wildman–Crippen MR) is 69.3 cm³/mol. The molecule has 0 saturated heterocycles. The van der Waals surface area contributed by atoms with Gasteiger partial charge in [0.15, 0.2) is 0 Å². The molecule has 8 N–H and O–H groups in total. The fraction of sp³-hybridized carbons (Fsp3) is 0.714. The molecule has 10 heteroatoms. The Morgan fingerprint density at radius 3 is 1.29 bits per heavy atom. The summed E-state index contributed by atoms with van der Waals surface area (Å²) in [5, 5.41) is 1.88. The van der Waals surface area contributed by atoms with Crippen molar-refractivity contribution in [3.8, 4) is 0 Å². The first-order valence-corrected chi connectivity index (χ1v) is 4.58. The van der Waals surface area contributed by atoms with Crippen LogP contribution in [0.5, 0.6) is 0 Å². The van der Waals surface area contributed by atoms with Gasteiger partial charge in [-0.1, -0.05) is 0 Å². The van der Waals surface area contributed by atoms with Crippen LogP contribution in [-0.2, 0) is 0 Å². The van der Waals surface area contributed by atoms with E-state index in [1.165, 1.54) is 0 Å². The molecular weight excluding hydrogens is 271 g/mol. The Morgan fingerprint density at radius 2 is 1.06 bits per heavy atom. The number of amides is 4. The largest absolute Gasteiger partial charge is 0.350 e. The summed E-state index contributed by atoms with van der Waals surface area (Å²) >= 11 is 0. The van der Waals surface area contributed by atoms with Crippen LogP contribution in [0.4, 0.5) is 9.59 Å². The van der Waals surface area contributed by atoms with Crippen molar-refractivity contribution >= 4 is 36.9 Å². The number of nitrogens with two attached hydrogens (primary N) is 4. The van der Waals surface area contributed by atoms with Crippen LogP contribution in [0.1, 0.15) is 19.3 Å². The molecule has 0 aliphatic heterocycles. The molecule has 0 aliphatic rings. The number of carbonyl (C=O) groups is 2. The van der Waals surface area contributed by atoms with Crippen molar-refractivity contribution in [2.45, 2.75) is 19.3 Å². The van der Waals surface area contributed by atoms with Crippen LogP contribution in [0.15, 0.2) is 0 Å². The van der Waals surface area contributed by atoms with Crippen LogP contribution in [-0.4, -0.2) is 35.2 Å². The van der Waals surface area contributed by atoms with Crippen molar-refractivity contribution in [1.82, 2.24) is 10.0 Å². The minimum Gasteiger partial charge on any atom is -0.350 e. The lowest BCUT2D eigenvalue weighted by molar-refractivity contribution is 0.204. The first-order chi connectivity index (χ1) is 6.95. The zero-order valence-corrected chi connectivity index (χ0v) is 11.0. The fourth-order valence-electron chi connectivity index (χ4n) is 0.961. The van der Waals surface area contributed by atoms with Gasteiger partial charge >= 0.3 is 12.1 Å². The Labute approximate surface area is 112 Å². The highest BCUT2D eigenvalue weighted by atomic mass is 35.5. The third-order valence-electron chi connectivity index (χ3n) is 1.86. The van der Waals surface area contributed by atoms with Gasteiger partial charge in [-0.15, -0.1) is 24.8 Å². The molecule has 0 aromatic rings. The topological polar surface area (TPSA) is 145 Å². The van der Waals surface area contributed by atoms with Crippen molar-refractivity contribution in [3.63, 3.8) is 0 Å². The predicted octanol–water partition coefficient (Wildman–Crippen LogP) is -0.491. The molecule has 8 nitrogen and oxygen atoms in total. The molecular formula is C7H20Cl2N6O2. The minimum absolute atomic E-state index is 0. The number of hydrogen-bond acceptors (Lipinski definition) is 4. The smallest absolute Gasteiger partial charge is 0.328 e. The van der Waals surface area contributed by atoms with Crippen molar-refractivity contribution in [1.29, 1.82) is 0 Å². The average Bonchev–Trinajstić information content (AvgIpc) is 2.16. The van der Waals surface area contributed by atoms with Crippen molar-refractivity contribution in [2.24, 2.45) is 23.2 Å². The number of hydrazine groups is 2. The summed E-state index contributed by atoms with van der Waals surface area (Å²) in [5.41, 5.74) is 9.82. The summed E-state index contributed by atoms with van der Waals surface area (Å²) in [5.74, 6) is 10.5. The van der Waals surface area contributed by atoms with Crippen LogP contribution in [0.2, 0.25) is 0 Å². The molecule has 0 aromatic heterocycles. The van der Waals surface area contributed by atoms with E-state index in [-0.39, 0.29) is 24.8 Å². The zero-order valence-electron chi connectivity index (χ0n) is 9.37. The summed E-state index contributed by atoms with van der Waals surface area (Å²) < 4.78 is 0. The summed E-state index contributed by atoms with van der Waals surface area (Å²) in [6.45, 7) is 0.771. The molecule has 0 atom stereocenters. The van der Waals surface area contributed by atoms with Crippen LogP contribution < -0.4 is 23.2 Å². The van der Waals surface area contributed by atoms with E-state index in [0.29, 0.717) is 25.9 Å². The maximum absolute atomic E-state index is 10.5.